The van der Waals surface area contributed by atoms with E-state index in [1.54, 1.807) is 11.3 Å². The topological polar surface area (TPSA) is 15.3 Å². The van der Waals surface area contributed by atoms with Gasteiger partial charge in [-0.3, -0.25) is 4.90 Å². The first-order chi connectivity index (χ1) is 7.59. The lowest BCUT2D eigenvalue weighted by molar-refractivity contribution is 0.0865. The summed E-state index contributed by atoms with van der Waals surface area (Å²) in [6, 6.07) is 2.84. The monoisotopic (exact) mass is 310 g/mol. The van der Waals surface area contributed by atoms with Crippen molar-refractivity contribution in [2.24, 2.45) is 5.41 Å². The Morgan fingerprint density at radius 3 is 2.28 bits per heavy atom. The molecule has 0 amide bonds. The molecule has 1 aliphatic rings. The standard InChI is InChI=1S/C13H22N2S.2ClH/c1-13(2,3)12(11-4-9-16-10-11)15-7-5-14-6-8-15;;/h4,9-10,12,14H,5-8H2,1-3H3;2*1H/t12-;;/m0../s1. The number of thiophene rings is 1. The Bertz CT molecular complexity index is 316. The van der Waals surface area contributed by atoms with Crippen LogP contribution >= 0.6 is 36.2 Å². The highest BCUT2D eigenvalue weighted by atomic mass is 35.5. The summed E-state index contributed by atoms with van der Waals surface area (Å²) in [7, 11) is 0. The first-order valence-electron chi connectivity index (χ1n) is 6.06. The van der Waals surface area contributed by atoms with Crippen molar-refractivity contribution in [3.05, 3.63) is 22.4 Å². The van der Waals surface area contributed by atoms with Crippen molar-refractivity contribution >= 4 is 36.2 Å². The molecule has 1 atom stereocenters. The highest BCUT2D eigenvalue weighted by Crippen LogP contribution is 2.38. The fraction of sp³-hybridized carbons (Fsp3) is 0.692. The molecule has 0 aliphatic carbocycles. The average molecular weight is 311 g/mol. The first kappa shape index (κ1) is 18.2. The van der Waals surface area contributed by atoms with Crippen LogP contribution in [0, 0.1) is 5.41 Å². The third-order valence-electron chi connectivity index (χ3n) is 3.20. The SMILES string of the molecule is CC(C)(C)[C@H](c1ccsc1)N1CCNCC1.Cl.Cl. The van der Waals surface area contributed by atoms with Crippen LogP contribution in [0.4, 0.5) is 0 Å². The van der Waals surface area contributed by atoms with Crippen molar-refractivity contribution in [3.8, 4) is 0 Å². The van der Waals surface area contributed by atoms with E-state index in [1.807, 2.05) is 0 Å². The third-order valence-corrected chi connectivity index (χ3v) is 3.90. The summed E-state index contributed by atoms with van der Waals surface area (Å²) in [6.45, 7) is 11.6. The van der Waals surface area contributed by atoms with Crippen LogP contribution in [0.15, 0.2) is 16.8 Å². The summed E-state index contributed by atoms with van der Waals surface area (Å²) in [5.41, 5.74) is 1.79. The molecule has 5 heteroatoms. The fourth-order valence-electron chi connectivity index (χ4n) is 2.63. The van der Waals surface area contributed by atoms with Crippen molar-refractivity contribution in [1.82, 2.24) is 10.2 Å². The van der Waals surface area contributed by atoms with Crippen LogP contribution in [-0.4, -0.2) is 31.1 Å². The second-order valence-corrected chi connectivity index (χ2v) is 6.39. The van der Waals surface area contributed by atoms with E-state index in [0.29, 0.717) is 11.5 Å². The Morgan fingerprint density at radius 1 is 1.22 bits per heavy atom. The van der Waals surface area contributed by atoms with Crippen LogP contribution in [0.25, 0.3) is 0 Å². The zero-order valence-corrected chi connectivity index (χ0v) is 13.8. The van der Waals surface area contributed by atoms with Gasteiger partial charge in [-0.05, 0) is 27.8 Å². The number of halogens is 2. The zero-order valence-electron chi connectivity index (χ0n) is 11.3. The van der Waals surface area contributed by atoms with Gasteiger partial charge in [-0.1, -0.05) is 20.8 Å². The van der Waals surface area contributed by atoms with Crippen LogP contribution in [0.1, 0.15) is 32.4 Å². The van der Waals surface area contributed by atoms with Gasteiger partial charge in [0.15, 0.2) is 0 Å². The predicted octanol–water partition coefficient (Wildman–Crippen LogP) is 3.58. The molecule has 2 rings (SSSR count). The molecule has 1 saturated heterocycles. The molecule has 2 nitrogen and oxygen atoms in total. The van der Waals surface area contributed by atoms with Crippen molar-refractivity contribution in [1.29, 1.82) is 0 Å². The molecular formula is C13H24Cl2N2S. The van der Waals surface area contributed by atoms with E-state index in [9.17, 15) is 0 Å². The molecule has 18 heavy (non-hydrogen) atoms. The highest BCUT2D eigenvalue weighted by molar-refractivity contribution is 7.07. The second-order valence-electron chi connectivity index (χ2n) is 5.61. The molecule has 0 bridgehead atoms. The first-order valence-corrected chi connectivity index (χ1v) is 7.00. The van der Waals surface area contributed by atoms with Crippen LogP contribution in [0.3, 0.4) is 0 Å². The molecule has 1 aromatic heterocycles. The number of nitrogens with zero attached hydrogens (tertiary/aromatic N) is 1. The molecule has 1 aliphatic heterocycles. The summed E-state index contributed by atoms with van der Waals surface area (Å²) in [4.78, 5) is 2.62. The maximum absolute atomic E-state index is 3.43. The minimum Gasteiger partial charge on any atom is -0.314 e. The zero-order chi connectivity index (χ0) is 11.6. The lowest BCUT2D eigenvalue weighted by atomic mass is 9.82. The summed E-state index contributed by atoms with van der Waals surface area (Å²) < 4.78 is 0. The van der Waals surface area contributed by atoms with Crippen molar-refractivity contribution in [3.63, 3.8) is 0 Å². The van der Waals surface area contributed by atoms with E-state index >= 15 is 0 Å². The lowest BCUT2D eigenvalue weighted by Crippen LogP contribution is -2.48. The van der Waals surface area contributed by atoms with Gasteiger partial charge in [-0.15, -0.1) is 24.8 Å². The van der Waals surface area contributed by atoms with Gasteiger partial charge in [-0.2, -0.15) is 11.3 Å². The summed E-state index contributed by atoms with van der Waals surface area (Å²) in [6.07, 6.45) is 0. The molecule has 1 fully saturated rings. The maximum Gasteiger partial charge on any atom is 0.0405 e. The molecule has 2 heterocycles. The molecule has 1 N–H and O–H groups in total. The molecule has 0 unspecified atom stereocenters. The predicted molar refractivity (Wildman–Crippen MR) is 85.5 cm³/mol. The number of rotatable bonds is 2. The number of nitrogens with one attached hydrogen (secondary N) is 1. The maximum atomic E-state index is 3.43. The molecule has 0 radical (unpaired) electrons. The quantitative estimate of drug-likeness (QED) is 0.898. The van der Waals surface area contributed by atoms with E-state index < -0.39 is 0 Å². The number of piperazine rings is 1. The average Bonchev–Trinajstić information content (AvgIpc) is 2.71. The van der Waals surface area contributed by atoms with Gasteiger partial charge < -0.3 is 5.32 Å². The Balaban J connectivity index is 0.00000144. The van der Waals surface area contributed by atoms with E-state index in [0.717, 1.165) is 26.2 Å². The summed E-state index contributed by atoms with van der Waals surface area (Å²) in [5, 5.41) is 7.92. The largest absolute Gasteiger partial charge is 0.314 e. The van der Waals surface area contributed by atoms with Crippen molar-refractivity contribution in [2.75, 3.05) is 26.2 Å². The van der Waals surface area contributed by atoms with Crippen molar-refractivity contribution in [2.45, 2.75) is 26.8 Å². The Morgan fingerprint density at radius 2 is 1.83 bits per heavy atom. The molecule has 0 aromatic carbocycles. The lowest BCUT2D eigenvalue weighted by Gasteiger charge is -2.42. The molecule has 1 aromatic rings. The van der Waals surface area contributed by atoms with E-state index in [-0.39, 0.29) is 24.8 Å². The van der Waals surface area contributed by atoms with Gasteiger partial charge in [0.25, 0.3) is 0 Å². The Hall–Kier alpha value is 0.200. The van der Waals surface area contributed by atoms with E-state index in [1.165, 1.54) is 5.56 Å². The molecular weight excluding hydrogens is 287 g/mol. The van der Waals surface area contributed by atoms with Gasteiger partial charge in [0.2, 0.25) is 0 Å². The normalized spacial score (nSPS) is 18.6. The van der Waals surface area contributed by atoms with Crippen LogP contribution in [0.2, 0.25) is 0 Å². The van der Waals surface area contributed by atoms with Crippen molar-refractivity contribution < 1.29 is 0 Å². The fourth-order valence-corrected chi connectivity index (χ4v) is 3.31. The third kappa shape index (κ3) is 4.39. The van der Waals surface area contributed by atoms with Gasteiger partial charge in [-0.25, -0.2) is 0 Å². The minimum atomic E-state index is 0. The minimum absolute atomic E-state index is 0. The van der Waals surface area contributed by atoms with Crippen LogP contribution < -0.4 is 5.32 Å². The smallest absolute Gasteiger partial charge is 0.0405 e. The van der Waals surface area contributed by atoms with Gasteiger partial charge >= 0.3 is 0 Å². The number of hydrogen-bond donors (Lipinski definition) is 1. The second kappa shape index (κ2) is 7.71. The molecule has 106 valence electrons. The summed E-state index contributed by atoms with van der Waals surface area (Å²) in [5.74, 6) is 0. The van der Waals surface area contributed by atoms with Gasteiger partial charge in [0.05, 0.1) is 0 Å². The Labute approximate surface area is 127 Å². The van der Waals surface area contributed by atoms with E-state index in [2.05, 4.69) is 47.8 Å². The van der Waals surface area contributed by atoms with E-state index in [4.69, 9.17) is 0 Å². The van der Waals surface area contributed by atoms with Crippen LogP contribution in [0.5, 0.6) is 0 Å². The number of hydrogen-bond acceptors (Lipinski definition) is 3. The van der Waals surface area contributed by atoms with Gasteiger partial charge in [0.1, 0.15) is 0 Å². The van der Waals surface area contributed by atoms with Crippen LogP contribution in [-0.2, 0) is 0 Å². The highest BCUT2D eigenvalue weighted by Gasteiger charge is 2.32. The summed E-state index contributed by atoms with van der Waals surface area (Å²) >= 11 is 1.81. The Kier molecular flexibility index (Phi) is 7.79. The molecule has 0 spiro atoms. The van der Waals surface area contributed by atoms with Gasteiger partial charge in [0, 0.05) is 32.2 Å². The molecule has 0 saturated carbocycles.